The van der Waals surface area contributed by atoms with Gasteiger partial charge in [-0.15, -0.1) is 0 Å². The monoisotopic (exact) mass is 255 g/mol. The average molecular weight is 255 g/mol. The first-order valence-electron chi connectivity index (χ1n) is 6.50. The zero-order valence-electron chi connectivity index (χ0n) is 10.4. The summed E-state index contributed by atoms with van der Waals surface area (Å²) in [6.45, 7) is 6.14. The number of likely N-dealkylation sites (tertiary alicyclic amines) is 2. The van der Waals surface area contributed by atoms with E-state index in [9.17, 15) is 4.79 Å². The fourth-order valence-corrected chi connectivity index (χ4v) is 3.77. The van der Waals surface area contributed by atoms with Crippen molar-refractivity contribution in [3.8, 4) is 0 Å². The van der Waals surface area contributed by atoms with E-state index in [1.165, 1.54) is 12.8 Å². The topological polar surface area (TPSA) is 35.6 Å². The molecule has 1 N–H and O–H groups in total. The summed E-state index contributed by atoms with van der Waals surface area (Å²) in [5, 5.41) is 4.07. The van der Waals surface area contributed by atoms with Gasteiger partial charge in [0.15, 0.2) is 0 Å². The zero-order chi connectivity index (χ0) is 11.9. The van der Waals surface area contributed by atoms with Crippen LogP contribution in [0.1, 0.15) is 12.8 Å². The van der Waals surface area contributed by atoms with Gasteiger partial charge in [-0.3, -0.25) is 0 Å². The zero-order valence-corrected chi connectivity index (χ0v) is 11.3. The van der Waals surface area contributed by atoms with E-state index in [0.717, 1.165) is 39.3 Å². The van der Waals surface area contributed by atoms with Gasteiger partial charge in [0.2, 0.25) is 0 Å². The highest BCUT2D eigenvalue weighted by Crippen LogP contribution is 2.39. The van der Waals surface area contributed by atoms with Gasteiger partial charge in [0.1, 0.15) is 0 Å². The van der Waals surface area contributed by atoms with Gasteiger partial charge in [0.25, 0.3) is 0 Å². The van der Waals surface area contributed by atoms with Crippen LogP contribution in [0.4, 0.5) is 4.79 Å². The Bertz CT molecular complexity index is 303. The van der Waals surface area contributed by atoms with Crippen molar-refractivity contribution < 1.29 is 4.79 Å². The van der Waals surface area contributed by atoms with Crippen LogP contribution in [0.15, 0.2) is 0 Å². The number of nitrogens with one attached hydrogen (secondary N) is 1. The van der Waals surface area contributed by atoms with Crippen molar-refractivity contribution in [1.29, 1.82) is 0 Å². The van der Waals surface area contributed by atoms with Gasteiger partial charge in [0.05, 0.1) is 0 Å². The fourth-order valence-electron chi connectivity index (χ4n) is 3.12. The minimum atomic E-state index is 0.277. The van der Waals surface area contributed by atoms with Crippen LogP contribution < -0.4 is 5.32 Å². The molecule has 0 aromatic carbocycles. The van der Waals surface area contributed by atoms with Crippen molar-refractivity contribution in [2.24, 2.45) is 5.41 Å². The summed E-state index contributed by atoms with van der Waals surface area (Å²) in [4.78, 5) is 16.2. The van der Waals surface area contributed by atoms with Crippen LogP contribution >= 0.6 is 11.8 Å². The lowest BCUT2D eigenvalue weighted by Gasteiger charge is -2.54. The van der Waals surface area contributed by atoms with E-state index >= 15 is 0 Å². The van der Waals surface area contributed by atoms with E-state index in [-0.39, 0.29) is 6.03 Å². The Morgan fingerprint density at radius 1 is 1.24 bits per heavy atom. The molecule has 3 aliphatic heterocycles. The highest BCUT2D eigenvalue weighted by atomic mass is 32.2. The van der Waals surface area contributed by atoms with Gasteiger partial charge in [-0.1, -0.05) is 0 Å². The predicted molar refractivity (Wildman–Crippen MR) is 70.4 cm³/mol. The highest BCUT2D eigenvalue weighted by Gasteiger charge is 2.47. The number of rotatable bonds is 1. The van der Waals surface area contributed by atoms with Crippen LogP contribution in [0.2, 0.25) is 0 Å². The van der Waals surface area contributed by atoms with Crippen molar-refractivity contribution in [2.75, 3.05) is 45.5 Å². The molecule has 5 heteroatoms. The maximum Gasteiger partial charge on any atom is 0.320 e. The molecule has 3 heterocycles. The van der Waals surface area contributed by atoms with E-state index in [1.54, 1.807) is 0 Å². The number of urea groups is 1. The number of nitrogens with zero attached hydrogens (tertiary/aromatic N) is 2. The lowest BCUT2D eigenvalue weighted by Crippen LogP contribution is -2.66. The molecule has 96 valence electrons. The molecule has 0 saturated carbocycles. The van der Waals surface area contributed by atoms with Gasteiger partial charge < -0.3 is 15.1 Å². The van der Waals surface area contributed by atoms with E-state index in [4.69, 9.17) is 0 Å². The number of carbonyl (C=O) groups excluding carboxylic acids is 1. The van der Waals surface area contributed by atoms with E-state index < -0.39 is 0 Å². The minimum Gasteiger partial charge on any atom is -0.323 e. The minimum absolute atomic E-state index is 0.277. The second kappa shape index (κ2) is 4.35. The molecule has 4 nitrogen and oxygen atoms in total. The molecule has 3 fully saturated rings. The molecule has 0 atom stereocenters. The van der Waals surface area contributed by atoms with Gasteiger partial charge in [-0.05, 0) is 32.2 Å². The van der Waals surface area contributed by atoms with Crippen molar-refractivity contribution in [2.45, 2.75) is 18.1 Å². The Morgan fingerprint density at radius 3 is 2.47 bits per heavy atom. The maximum atomic E-state index is 12.1. The number of piperidine rings is 1. The van der Waals surface area contributed by atoms with Gasteiger partial charge in [0, 0.05) is 36.8 Å². The molecule has 2 amide bonds. The highest BCUT2D eigenvalue weighted by molar-refractivity contribution is 7.99. The Morgan fingerprint density at radius 2 is 1.88 bits per heavy atom. The second-order valence-electron chi connectivity index (χ2n) is 5.65. The summed E-state index contributed by atoms with van der Waals surface area (Å²) in [6.07, 6.45) is 4.61. The summed E-state index contributed by atoms with van der Waals surface area (Å²) >= 11 is 1.87. The third kappa shape index (κ3) is 2.03. The Labute approximate surface area is 107 Å². The van der Waals surface area contributed by atoms with Crippen LogP contribution in [0.25, 0.3) is 0 Å². The van der Waals surface area contributed by atoms with Gasteiger partial charge in [-0.2, -0.15) is 11.8 Å². The van der Waals surface area contributed by atoms with E-state index in [2.05, 4.69) is 11.6 Å². The van der Waals surface area contributed by atoms with Crippen LogP contribution in [0.3, 0.4) is 0 Å². The normalized spacial score (nSPS) is 27.8. The average Bonchev–Trinajstić information content (AvgIpc) is 2.25. The quantitative estimate of drug-likeness (QED) is 0.754. The lowest BCUT2D eigenvalue weighted by atomic mass is 9.72. The molecular weight excluding hydrogens is 234 g/mol. The van der Waals surface area contributed by atoms with Gasteiger partial charge in [-0.25, -0.2) is 4.79 Å². The number of hydrogen-bond donors (Lipinski definition) is 1. The summed E-state index contributed by atoms with van der Waals surface area (Å²) in [5.74, 6) is 0. The molecule has 3 saturated heterocycles. The molecule has 17 heavy (non-hydrogen) atoms. The first-order valence-corrected chi connectivity index (χ1v) is 7.79. The van der Waals surface area contributed by atoms with Crippen molar-refractivity contribution in [3.05, 3.63) is 0 Å². The van der Waals surface area contributed by atoms with Gasteiger partial charge >= 0.3 is 6.03 Å². The number of amides is 2. The summed E-state index contributed by atoms with van der Waals surface area (Å²) in [7, 11) is 0. The third-order valence-corrected chi connectivity index (χ3v) is 5.40. The standard InChI is InChI=1S/C12H21N3OS/c1-17-10-6-14(7-10)11(16)15-8-12(9-15)2-4-13-5-3-12/h10,13H,2-9H2,1H3. The number of hydrogen-bond acceptors (Lipinski definition) is 3. The number of carbonyl (C=O) groups is 1. The van der Waals surface area contributed by atoms with Crippen molar-refractivity contribution >= 4 is 17.8 Å². The Kier molecular flexibility index (Phi) is 2.99. The molecule has 0 unspecified atom stereocenters. The molecule has 0 bridgehead atoms. The maximum absolute atomic E-state index is 12.1. The molecule has 0 aromatic rings. The number of thioether (sulfide) groups is 1. The largest absolute Gasteiger partial charge is 0.323 e. The first kappa shape index (κ1) is 11.7. The van der Waals surface area contributed by atoms with E-state index in [1.807, 2.05) is 21.6 Å². The molecule has 0 aromatic heterocycles. The SMILES string of the molecule is CSC1CN(C(=O)N2CC3(CCNCC3)C2)C1. The van der Waals surface area contributed by atoms with Crippen LogP contribution in [0.5, 0.6) is 0 Å². The molecule has 3 aliphatic rings. The molecule has 0 aliphatic carbocycles. The van der Waals surface area contributed by atoms with Crippen LogP contribution in [-0.4, -0.2) is 66.6 Å². The Hall–Kier alpha value is -0.420. The molecule has 0 radical (unpaired) electrons. The Balaban J connectivity index is 1.47. The molecule has 3 rings (SSSR count). The molecular formula is C12H21N3OS. The first-order chi connectivity index (χ1) is 8.22. The van der Waals surface area contributed by atoms with Crippen molar-refractivity contribution in [1.82, 2.24) is 15.1 Å². The van der Waals surface area contributed by atoms with E-state index in [0.29, 0.717) is 10.7 Å². The third-order valence-electron chi connectivity index (χ3n) is 4.44. The second-order valence-corrected chi connectivity index (χ2v) is 6.79. The van der Waals surface area contributed by atoms with Crippen LogP contribution in [0, 0.1) is 5.41 Å². The molecule has 1 spiro atoms. The fraction of sp³-hybridized carbons (Fsp3) is 0.917. The summed E-state index contributed by atoms with van der Waals surface area (Å²) < 4.78 is 0. The lowest BCUT2D eigenvalue weighted by molar-refractivity contribution is -0.00984. The van der Waals surface area contributed by atoms with Crippen molar-refractivity contribution in [3.63, 3.8) is 0 Å². The summed E-state index contributed by atoms with van der Waals surface area (Å²) in [5.41, 5.74) is 0.463. The predicted octanol–water partition coefficient (Wildman–Crippen LogP) is 0.839. The smallest absolute Gasteiger partial charge is 0.320 e. The summed E-state index contributed by atoms with van der Waals surface area (Å²) in [6, 6.07) is 0.277. The van der Waals surface area contributed by atoms with Crippen LogP contribution in [-0.2, 0) is 0 Å².